The molecule has 1 saturated heterocycles. The predicted octanol–water partition coefficient (Wildman–Crippen LogP) is -0.673. The molecule has 2 atom stereocenters. The number of aromatic nitrogens is 4. The summed E-state index contributed by atoms with van der Waals surface area (Å²) < 4.78 is 0. The van der Waals surface area contributed by atoms with E-state index in [1.54, 1.807) is 0 Å². The van der Waals surface area contributed by atoms with Crippen molar-refractivity contribution in [3.63, 3.8) is 0 Å². The molecule has 72 valence electrons. The molecule has 1 fully saturated rings. The Morgan fingerprint density at radius 3 is 3.00 bits per heavy atom. The average Bonchev–Trinajstić information content (AvgIpc) is 2.72. The van der Waals surface area contributed by atoms with E-state index in [1.165, 1.54) is 0 Å². The number of aliphatic hydroxyl groups is 1. The van der Waals surface area contributed by atoms with Crippen molar-refractivity contribution in [3.8, 4) is 0 Å². The zero-order chi connectivity index (χ0) is 9.26. The zero-order valence-electron chi connectivity index (χ0n) is 7.51. The van der Waals surface area contributed by atoms with E-state index in [-0.39, 0.29) is 18.7 Å². The van der Waals surface area contributed by atoms with Gasteiger partial charge in [0.25, 0.3) is 0 Å². The Balaban J connectivity index is 2.11. The zero-order valence-corrected chi connectivity index (χ0v) is 7.51. The first-order valence-electron chi connectivity index (χ1n) is 4.39. The molecule has 2 N–H and O–H groups in total. The highest BCUT2D eigenvalue weighted by Crippen LogP contribution is 2.31. The van der Waals surface area contributed by atoms with Crippen molar-refractivity contribution in [1.29, 1.82) is 0 Å². The largest absolute Gasteiger partial charge is 0.395 e. The molecule has 0 bridgehead atoms. The van der Waals surface area contributed by atoms with Gasteiger partial charge in [-0.3, -0.25) is 4.90 Å². The molecule has 1 aliphatic heterocycles. The summed E-state index contributed by atoms with van der Waals surface area (Å²) in [5.74, 6) is 0.721. The van der Waals surface area contributed by atoms with Gasteiger partial charge in [0.1, 0.15) is 0 Å². The number of aromatic amines is 1. The Hall–Kier alpha value is -1.01. The fourth-order valence-corrected chi connectivity index (χ4v) is 1.85. The van der Waals surface area contributed by atoms with Crippen molar-refractivity contribution in [2.75, 3.05) is 13.7 Å². The van der Waals surface area contributed by atoms with E-state index >= 15 is 0 Å². The quantitative estimate of drug-likeness (QED) is 0.635. The Bertz CT molecular complexity index is 262. The van der Waals surface area contributed by atoms with Crippen molar-refractivity contribution < 1.29 is 5.11 Å². The summed E-state index contributed by atoms with van der Waals surface area (Å²) >= 11 is 0. The fraction of sp³-hybridized carbons (Fsp3) is 0.857. The monoisotopic (exact) mass is 183 g/mol. The van der Waals surface area contributed by atoms with Gasteiger partial charge < -0.3 is 5.11 Å². The molecular formula is C7H13N5O. The Kier molecular flexibility index (Phi) is 2.24. The predicted molar refractivity (Wildman–Crippen MR) is 44.8 cm³/mol. The lowest BCUT2D eigenvalue weighted by molar-refractivity contribution is 0.153. The minimum absolute atomic E-state index is 0.199. The average molecular weight is 183 g/mol. The fourth-order valence-electron chi connectivity index (χ4n) is 1.85. The second kappa shape index (κ2) is 3.39. The summed E-state index contributed by atoms with van der Waals surface area (Å²) in [6, 6.07) is 0.444. The van der Waals surface area contributed by atoms with Crippen LogP contribution in [-0.4, -0.2) is 50.3 Å². The van der Waals surface area contributed by atoms with Crippen molar-refractivity contribution >= 4 is 0 Å². The molecule has 2 heterocycles. The van der Waals surface area contributed by atoms with Crippen molar-refractivity contribution in [2.24, 2.45) is 0 Å². The van der Waals surface area contributed by atoms with Crippen LogP contribution in [0.4, 0.5) is 0 Å². The molecule has 1 aromatic rings. The number of likely N-dealkylation sites (N-methyl/N-ethyl adjacent to an activating group) is 1. The molecule has 6 heteroatoms. The normalized spacial score (nSPS) is 29.7. The third kappa shape index (κ3) is 1.42. The van der Waals surface area contributed by atoms with E-state index in [0.717, 1.165) is 18.7 Å². The van der Waals surface area contributed by atoms with Gasteiger partial charge in [-0.2, -0.15) is 5.21 Å². The van der Waals surface area contributed by atoms with Gasteiger partial charge in [0.2, 0.25) is 0 Å². The van der Waals surface area contributed by atoms with Crippen LogP contribution in [-0.2, 0) is 0 Å². The summed E-state index contributed by atoms with van der Waals surface area (Å²) in [7, 11) is 1.98. The van der Waals surface area contributed by atoms with Gasteiger partial charge in [-0.25, -0.2) is 0 Å². The van der Waals surface area contributed by atoms with E-state index in [4.69, 9.17) is 5.11 Å². The number of rotatable bonds is 2. The molecule has 1 aliphatic rings. The van der Waals surface area contributed by atoms with Crippen molar-refractivity contribution in [2.45, 2.75) is 24.9 Å². The molecular weight excluding hydrogens is 170 g/mol. The van der Waals surface area contributed by atoms with Crippen LogP contribution in [0.3, 0.4) is 0 Å². The van der Waals surface area contributed by atoms with E-state index in [2.05, 4.69) is 25.5 Å². The number of nitrogens with one attached hydrogen (secondary N) is 1. The first-order valence-corrected chi connectivity index (χ1v) is 4.39. The maximum absolute atomic E-state index is 9.05. The number of hydrogen-bond acceptors (Lipinski definition) is 5. The SMILES string of the molecule is CN1[C@@H](CO)CC[C@H]1c1nn[nH]n1. The van der Waals surface area contributed by atoms with Crippen LogP contribution in [0.15, 0.2) is 0 Å². The van der Waals surface area contributed by atoms with Gasteiger partial charge in [0.05, 0.1) is 12.6 Å². The maximum Gasteiger partial charge on any atom is 0.191 e. The minimum atomic E-state index is 0.199. The van der Waals surface area contributed by atoms with Gasteiger partial charge in [-0.15, -0.1) is 10.2 Å². The summed E-state index contributed by atoms with van der Waals surface area (Å²) in [4.78, 5) is 2.10. The maximum atomic E-state index is 9.05. The second-order valence-electron chi connectivity index (χ2n) is 3.37. The third-order valence-corrected chi connectivity index (χ3v) is 2.71. The summed E-state index contributed by atoms with van der Waals surface area (Å²) in [5.41, 5.74) is 0. The first-order chi connectivity index (χ1) is 6.33. The highest BCUT2D eigenvalue weighted by molar-refractivity contribution is 4.96. The van der Waals surface area contributed by atoms with Crippen LogP contribution in [0.25, 0.3) is 0 Å². The van der Waals surface area contributed by atoms with Gasteiger partial charge >= 0.3 is 0 Å². The number of hydrogen-bond donors (Lipinski definition) is 2. The van der Waals surface area contributed by atoms with Crippen molar-refractivity contribution in [1.82, 2.24) is 25.5 Å². The van der Waals surface area contributed by atoms with Gasteiger partial charge in [0.15, 0.2) is 5.82 Å². The summed E-state index contributed by atoms with van der Waals surface area (Å²) in [5, 5.41) is 22.9. The second-order valence-corrected chi connectivity index (χ2v) is 3.37. The molecule has 0 unspecified atom stereocenters. The van der Waals surface area contributed by atoms with E-state index in [1.807, 2.05) is 7.05 Å². The summed E-state index contributed by atoms with van der Waals surface area (Å²) in [6.45, 7) is 0.199. The number of nitrogens with zero attached hydrogens (tertiary/aromatic N) is 4. The molecule has 13 heavy (non-hydrogen) atoms. The highest BCUT2D eigenvalue weighted by Gasteiger charge is 2.33. The topological polar surface area (TPSA) is 77.9 Å². The van der Waals surface area contributed by atoms with E-state index in [9.17, 15) is 0 Å². The lowest BCUT2D eigenvalue weighted by Gasteiger charge is -2.21. The molecule has 0 amide bonds. The summed E-state index contributed by atoms with van der Waals surface area (Å²) in [6.07, 6.45) is 1.98. The highest BCUT2D eigenvalue weighted by atomic mass is 16.3. The van der Waals surface area contributed by atoms with Crippen LogP contribution in [0.5, 0.6) is 0 Å². The molecule has 0 radical (unpaired) electrons. The lowest BCUT2D eigenvalue weighted by atomic mass is 10.2. The van der Waals surface area contributed by atoms with Crippen LogP contribution < -0.4 is 0 Å². The van der Waals surface area contributed by atoms with Gasteiger partial charge in [-0.1, -0.05) is 5.21 Å². The third-order valence-electron chi connectivity index (χ3n) is 2.71. The van der Waals surface area contributed by atoms with Crippen LogP contribution in [0.1, 0.15) is 24.7 Å². The first kappa shape index (κ1) is 8.58. The Morgan fingerprint density at radius 2 is 2.46 bits per heavy atom. The van der Waals surface area contributed by atoms with Crippen LogP contribution in [0.2, 0.25) is 0 Å². The standard InChI is InChI=1S/C7H13N5O/c1-12-5(4-13)2-3-6(12)7-8-10-11-9-7/h5-6,13H,2-4H2,1H3,(H,8,9,10,11)/t5-,6+/m1/s1. The number of likely N-dealkylation sites (tertiary alicyclic amines) is 1. The molecule has 0 aliphatic carbocycles. The number of tetrazole rings is 1. The van der Waals surface area contributed by atoms with E-state index < -0.39 is 0 Å². The molecule has 2 rings (SSSR count). The molecule has 0 spiro atoms. The number of H-pyrrole nitrogens is 1. The van der Waals surface area contributed by atoms with Crippen LogP contribution >= 0.6 is 0 Å². The molecule has 0 saturated carbocycles. The minimum Gasteiger partial charge on any atom is -0.395 e. The molecule has 1 aromatic heterocycles. The van der Waals surface area contributed by atoms with E-state index in [0.29, 0.717) is 0 Å². The smallest absolute Gasteiger partial charge is 0.191 e. The number of aliphatic hydroxyl groups excluding tert-OH is 1. The van der Waals surface area contributed by atoms with Gasteiger partial charge in [-0.05, 0) is 19.9 Å². The molecule has 0 aromatic carbocycles. The Morgan fingerprint density at radius 1 is 1.62 bits per heavy atom. The van der Waals surface area contributed by atoms with Crippen molar-refractivity contribution in [3.05, 3.63) is 5.82 Å². The molecule has 6 nitrogen and oxygen atoms in total. The van der Waals surface area contributed by atoms with Gasteiger partial charge in [0, 0.05) is 6.04 Å². The Labute approximate surface area is 75.9 Å². The lowest BCUT2D eigenvalue weighted by Crippen LogP contribution is -2.30. The van der Waals surface area contributed by atoms with Crippen LogP contribution in [0, 0.1) is 0 Å².